The molecule has 4 rings (SSSR count). The van der Waals surface area contributed by atoms with Crippen molar-refractivity contribution in [3.63, 3.8) is 0 Å². The van der Waals surface area contributed by atoms with E-state index in [1.165, 1.54) is 25.3 Å². The SMILES string of the molecule is C=CCCC1OCC(c2ccc(-c3ccc(-c4ccc(CCCCCCCC)c(F)c4F)cc3)c(F)c2F)CO1. The molecule has 0 bridgehead atoms. The first kappa shape index (κ1) is 30.0. The van der Waals surface area contributed by atoms with Crippen LogP contribution in [0.15, 0.2) is 61.2 Å². The quantitative estimate of drug-likeness (QED) is 0.119. The number of halogens is 4. The molecule has 0 atom stereocenters. The predicted molar refractivity (Wildman–Crippen MR) is 152 cm³/mol. The second-order valence-corrected chi connectivity index (χ2v) is 10.5. The van der Waals surface area contributed by atoms with E-state index >= 15 is 8.78 Å². The van der Waals surface area contributed by atoms with Crippen LogP contribution >= 0.6 is 0 Å². The normalized spacial score (nSPS) is 17.2. The van der Waals surface area contributed by atoms with Crippen LogP contribution in [0, 0.1) is 23.3 Å². The molecule has 0 aliphatic carbocycles. The lowest BCUT2D eigenvalue weighted by atomic mass is 9.94. The van der Waals surface area contributed by atoms with E-state index in [9.17, 15) is 8.78 Å². The third kappa shape index (κ3) is 7.21. The maximum absolute atomic E-state index is 15.1. The summed E-state index contributed by atoms with van der Waals surface area (Å²) in [5, 5.41) is 0. The van der Waals surface area contributed by atoms with Crippen LogP contribution in [0.5, 0.6) is 0 Å². The van der Waals surface area contributed by atoms with Gasteiger partial charge >= 0.3 is 0 Å². The molecule has 0 N–H and O–H groups in total. The van der Waals surface area contributed by atoms with Crippen LogP contribution in [-0.4, -0.2) is 19.5 Å². The van der Waals surface area contributed by atoms with Gasteiger partial charge in [-0.15, -0.1) is 6.58 Å². The number of allylic oxidation sites excluding steroid dienone is 1. The minimum absolute atomic E-state index is 0.0928. The summed E-state index contributed by atoms with van der Waals surface area (Å²) < 4.78 is 71.3. The Morgan fingerprint density at radius 1 is 0.725 bits per heavy atom. The molecule has 0 unspecified atom stereocenters. The lowest BCUT2D eigenvalue weighted by Gasteiger charge is -2.30. The van der Waals surface area contributed by atoms with Crippen molar-refractivity contribution in [2.45, 2.75) is 76.9 Å². The molecule has 0 amide bonds. The Balaban J connectivity index is 1.43. The summed E-state index contributed by atoms with van der Waals surface area (Å²) in [7, 11) is 0. The molecule has 0 aromatic heterocycles. The van der Waals surface area contributed by atoms with E-state index in [4.69, 9.17) is 9.47 Å². The second-order valence-electron chi connectivity index (χ2n) is 10.5. The first-order chi connectivity index (χ1) is 19.4. The number of unbranched alkanes of at least 4 members (excludes halogenated alkanes) is 5. The van der Waals surface area contributed by atoms with Gasteiger partial charge in [0, 0.05) is 23.5 Å². The Morgan fingerprint density at radius 3 is 1.93 bits per heavy atom. The minimum atomic E-state index is -0.963. The molecular formula is C34H38F4O2. The zero-order valence-electron chi connectivity index (χ0n) is 23.2. The van der Waals surface area contributed by atoms with Crippen molar-refractivity contribution in [3.8, 4) is 22.3 Å². The van der Waals surface area contributed by atoms with Gasteiger partial charge in [0.1, 0.15) is 0 Å². The molecule has 2 nitrogen and oxygen atoms in total. The standard InChI is InChI=1S/C34H38F4O2/c1-3-5-7-8-9-10-11-25-17-18-27(32(36)31(25)35)23-13-15-24(16-14-23)28-19-20-29(34(38)33(28)37)26-21-39-30(40-22-26)12-6-4-2/h4,13-20,26,30H,2-3,5-12,21-22H2,1H3. The molecule has 1 fully saturated rings. The molecule has 214 valence electrons. The molecule has 3 aromatic rings. The number of hydrogen-bond acceptors (Lipinski definition) is 2. The number of aryl methyl sites for hydroxylation is 1. The van der Waals surface area contributed by atoms with Crippen LogP contribution in [0.2, 0.25) is 0 Å². The summed E-state index contributed by atoms with van der Waals surface area (Å²) >= 11 is 0. The van der Waals surface area contributed by atoms with E-state index in [1.807, 2.05) is 0 Å². The molecule has 3 aromatic carbocycles. The van der Waals surface area contributed by atoms with Crippen LogP contribution < -0.4 is 0 Å². The number of benzene rings is 3. The number of hydrogen-bond donors (Lipinski definition) is 0. The molecule has 0 radical (unpaired) electrons. The topological polar surface area (TPSA) is 18.5 Å². The smallest absolute Gasteiger partial charge is 0.166 e. The Labute approximate surface area is 235 Å². The van der Waals surface area contributed by atoms with Crippen molar-refractivity contribution >= 4 is 0 Å². The van der Waals surface area contributed by atoms with Crippen molar-refractivity contribution in [1.29, 1.82) is 0 Å². The van der Waals surface area contributed by atoms with E-state index in [0.717, 1.165) is 25.7 Å². The van der Waals surface area contributed by atoms with Crippen LogP contribution in [0.4, 0.5) is 17.6 Å². The third-order valence-electron chi connectivity index (χ3n) is 7.59. The van der Waals surface area contributed by atoms with Crippen LogP contribution in [0.25, 0.3) is 22.3 Å². The average Bonchev–Trinajstić information content (AvgIpc) is 2.98. The van der Waals surface area contributed by atoms with Crippen molar-refractivity contribution in [2.75, 3.05) is 13.2 Å². The van der Waals surface area contributed by atoms with Gasteiger partial charge in [0.15, 0.2) is 29.6 Å². The summed E-state index contributed by atoms with van der Waals surface area (Å²) in [5.74, 6) is -4.01. The first-order valence-corrected chi connectivity index (χ1v) is 14.3. The summed E-state index contributed by atoms with van der Waals surface area (Å²) in [6.07, 6.45) is 9.81. The highest BCUT2D eigenvalue weighted by atomic mass is 19.2. The average molecular weight is 555 g/mol. The largest absolute Gasteiger partial charge is 0.352 e. The molecule has 0 saturated carbocycles. The highest BCUT2D eigenvalue weighted by Crippen LogP contribution is 2.34. The summed E-state index contributed by atoms with van der Waals surface area (Å²) in [5.41, 5.74) is 1.72. The fraction of sp³-hybridized carbons (Fsp3) is 0.412. The van der Waals surface area contributed by atoms with Gasteiger partial charge in [0.05, 0.1) is 13.2 Å². The molecule has 40 heavy (non-hydrogen) atoms. The van der Waals surface area contributed by atoms with Gasteiger partial charge in [-0.25, -0.2) is 17.6 Å². The van der Waals surface area contributed by atoms with Gasteiger partial charge in [0.2, 0.25) is 0 Å². The fourth-order valence-corrected chi connectivity index (χ4v) is 5.18. The summed E-state index contributed by atoms with van der Waals surface area (Å²) in [6.45, 7) is 6.32. The van der Waals surface area contributed by atoms with Crippen molar-refractivity contribution < 1.29 is 27.0 Å². The van der Waals surface area contributed by atoms with E-state index in [1.54, 1.807) is 48.5 Å². The van der Waals surface area contributed by atoms with Gasteiger partial charge in [0.25, 0.3) is 0 Å². The number of rotatable bonds is 13. The van der Waals surface area contributed by atoms with Crippen LogP contribution in [-0.2, 0) is 15.9 Å². The molecule has 1 heterocycles. The van der Waals surface area contributed by atoms with Crippen LogP contribution in [0.3, 0.4) is 0 Å². The number of ether oxygens (including phenoxy) is 2. The highest BCUT2D eigenvalue weighted by molar-refractivity contribution is 5.71. The summed E-state index contributed by atoms with van der Waals surface area (Å²) in [6, 6.07) is 12.7. The van der Waals surface area contributed by atoms with Crippen LogP contribution in [0.1, 0.15) is 75.3 Å². The minimum Gasteiger partial charge on any atom is -0.352 e. The molecular weight excluding hydrogens is 516 g/mol. The van der Waals surface area contributed by atoms with E-state index < -0.39 is 29.2 Å². The van der Waals surface area contributed by atoms with Gasteiger partial charge in [-0.3, -0.25) is 0 Å². The van der Waals surface area contributed by atoms with E-state index in [2.05, 4.69) is 13.5 Å². The lowest BCUT2D eigenvalue weighted by Crippen LogP contribution is -2.31. The van der Waals surface area contributed by atoms with Crippen molar-refractivity contribution in [3.05, 3.63) is 95.6 Å². The monoisotopic (exact) mass is 554 g/mol. The Kier molecular flexibility index (Phi) is 11.0. The molecule has 1 aliphatic heterocycles. The van der Waals surface area contributed by atoms with Gasteiger partial charge in [-0.05, 0) is 41.5 Å². The predicted octanol–water partition coefficient (Wildman–Crippen LogP) is 9.90. The lowest BCUT2D eigenvalue weighted by molar-refractivity contribution is -0.189. The Hall–Kier alpha value is -2.96. The zero-order valence-corrected chi connectivity index (χ0v) is 23.2. The van der Waals surface area contributed by atoms with Crippen molar-refractivity contribution in [2.24, 2.45) is 0 Å². The van der Waals surface area contributed by atoms with Gasteiger partial charge in [-0.1, -0.05) is 93.6 Å². The van der Waals surface area contributed by atoms with E-state index in [-0.39, 0.29) is 36.2 Å². The second kappa shape index (κ2) is 14.6. The molecule has 1 aliphatic rings. The third-order valence-corrected chi connectivity index (χ3v) is 7.59. The molecule has 6 heteroatoms. The highest BCUT2D eigenvalue weighted by Gasteiger charge is 2.27. The summed E-state index contributed by atoms with van der Waals surface area (Å²) in [4.78, 5) is 0. The Morgan fingerprint density at radius 2 is 1.30 bits per heavy atom. The molecule has 0 spiro atoms. The zero-order chi connectivity index (χ0) is 28.5. The molecule has 1 saturated heterocycles. The van der Waals surface area contributed by atoms with Gasteiger partial charge < -0.3 is 9.47 Å². The van der Waals surface area contributed by atoms with Crippen molar-refractivity contribution in [1.82, 2.24) is 0 Å². The Bertz CT molecular complexity index is 1260. The van der Waals surface area contributed by atoms with E-state index in [0.29, 0.717) is 29.5 Å². The maximum Gasteiger partial charge on any atom is 0.166 e. The first-order valence-electron chi connectivity index (χ1n) is 14.3. The fourth-order valence-electron chi connectivity index (χ4n) is 5.18. The van der Waals surface area contributed by atoms with Gasteiger partial charge in [-0.2, -0.15) is 0 Å². The maximum atomic E-state index is 15.1.